The number of methoxy groups -OCH3 is 1. The van der Waals surface area contributed by atoms with Crippen LogP contribution in [0.3, 0.4) is 0 Å². The van der Waals surface area contributed by atoms with E-state index in [1.54, 1.807) is 6.92 Å². The molecule has 0 N–H and O–H groups in total. The standard InChI is InChI=1S/C21H22O6S/c1-4-19(22)26-14-18(15-10-12-17(13-11-15)28-27-25-3)20(21(23)24-2)16-8-6-5-7-9-16/h5-13H,4,14H2,1-3H3/b20-18+. The van der Waals surface area contributed by atoms with Crippen LogP contribution in [0.5, 0.6) is 0 Å². The van der Waals surface area contributed by atoms with Gasteiger partial charge in [0, 0.05) is 16.9 Å². The van der Waals surface area contributed by atoms with Gasteiger partial charge in [0.05, 0.1) is 31.8 Å². The summed E-state index contributed by atoms with van der Waals surface area (Å²) in [7, 11) is 2.75. The zero-order valence-corrected chi connectivity index (χ0v) is 16.8. The first-order valence-corrected chi connectivity index (χ1v) is 9.35. The van der Waals surface area contributed by atoms with Crippen molar-refractivity contribution in [2.75, 3.05) is 20.8 Å². The van der Waals surface area contributed by atoms with Gasteiger partial charge in [-0.15, -0.1) is 0 Å². The summed E-state index contributed by atoms with van der Waals surface area (Å²) in [4.78, 5) is 29.7. The highest BCUT2D eigenvalue weighted by Crippen LogP contribution is 2.30. The number of esters is 2. The second-order valence-corrected chi connectivity index (χ2v) is 6.34. The van der Waals surface area contributed by atoms with Crippen molar-refractivity contribution in [2.45, 2.75) is 18.2 Å². The van der Waals surface area contributed by atoms with Crippen molar-refractivity contribution < 1.29 is 28.3 Å². The summed E-state index contributed by atoms with van der Waals surface area (Å²) in [5.41, 5.74) is 2.32. The van der Waals surface area contributed by atoms with Gasteiger partial charge in [-0.2, -0.15) is 4.33 Å². The quantitative estimate of drug-likeness (QED) is 0.155. The molecule has 0 unspecified atom stereocenters. The molecule has 0 heterocycles. The topological polar surface area (TPSA) is 71.1 Å². The Hall–Kier alpha value is -2.61. The Kier molecular flexibility index (Phi) is 8.74. The van der Waals surface area contributed by atoms with E-state index in [0.29, 0.717) is 16.7 Å². The minimum atomic E-state index is -0.505. The van der Waals surface area contributed by atoms with Gasteiger partial charge in [0.1, 0.15) is 6.61 Å². The van der Waals surface area contributed by atoms with Gasteiger partial charge in [-0.1, -0.05) is 49.4 Å². The Morgan fingerprint density at radius 1 is 0.929 bits per heavy atom. The lowest BCUT2D eigenvalue weighted by atomic mass is 9.95. The first kappa shape index (κ1) is 21.7. The number of carbonyl (C=O) groups is 2. The summed E-state index contributed by atoms with van der Waals surface area (Å²) in [6, 6.07) is 16.4. The third-order valence-electron chi connectivity index (χ3n) is 3.82. The zero-order valence-electron chi connectivity index (χ0n) is 16.0. The highest BCUT2D eigenvalue weighted by Gasteiger charge is 2.21. The number of ether oxygens (including phenoxy) is 2. The smallest absolute Gasteiger partial charge is 0.338 e. The zero-order chi connectivity index (χ0) is 20.4. The normalized spacial score (nSPS) is 11.5. The molecule has 0 fully saturated rings. The van der Waals surface area contributed by atoms with Crippen LogP contribution in [0.2, 0.25) is 0 Å². The van der Waals surface area contributed by atoms with Crippen LogP contribution in [0, 0.1) is 0 Å². The number of rotatable bonds is 9. The fourth-order valence-electron chi connectivity index (χ4n) is 2.46. The molecule has 0 aromatic heterocycles. The number of benzene rings is 2. The van der Waals surface area contributed by atoms with Crippen LogP contribution in [0.1, 0.15) is 24.5 Å². The first-order valence-electron chi connectivity index (χ1n) is 8.61. The molecule has 0 aliphatic carbocycles. The molecule has 0 radical (unpaired) electrons. The van der Waals surface area contributed by atoms with Gasteiger partial charge >= 0.3 is 11.9 Å². The minimum absolute atomic E-state index is 0.0486. The van der Waals surface area contributed by atoms with Crippen LogP contribution in [-0.2, 0) is 28.3 Å². The summed E-state index contributed by atoms with van der Waals surface area (Å²) in [6.07, 6.45) is 0.246. The van der Waals surface area contributed by atoms with Crippen LogP contribution in [-0.4, -0.2) is 32.8 Å². The Morgan fingerprint density at radius 3 is 2.18 bits per heavy atom. The number of carbonyl (C=O) groups excluding carboxylic acids is 2. The van der Waals surface area contributed by atoms with E-state index >= 15 is 0 Å². The molecule has 6 nitrogen and oxygen atoms in total. The van der Waals surface area contributed by atoms with Crippen LogP contribution in [0.4, 0.5) is 0 Å². The molecule has 0 amide bonds. The average Bonchev–Trinajstić information content (AvgIpc) is 2.75. The van der Waals surface area contributed by atoms with Crippen molar-refractivity contribution in [3.05, 3.63) is 65.7 Å². The van der Waals surface area contributed by atoms with Gasteiger partial charge in [0.2, 0.25) is 0 Å². The predicted molar refractivity (Wildman–Crippen MR) is 107 cm³/mol. The van der Waals surface area contributed by atoms with E-state index in [2.05, 4.69) is 4.89 Å². The van der Waals surface area contributed by atoms with Gasteiger partial charge in [0.15, 0.2) is 0 Å². The highest BCUT2D eigenvalue weighted by molar-refractivity contribution is 7.94. The molecule has 2 aromatic rings. The van der Waals surface area contributed by atoms with Crippen LogP contribution in [0.25, 0.3) is 11.1 Å². The predicted octanol–water partition coefficient (Wildman–Crippen LogP) is 4.31. The third-order valence-corrected chi connectivity index (χ3v) is 4.49. The third kappa shape index (κ3) is 5.95. The maximum absolute atomic E-state index is 12.6. The van der Waals surface area contributed by atoms with Gasteiger partial charge in [-0.3, -0.25) is 4.79 Å². The molecule has 148 valence electrons. The van der Waals surface area contributed by atoms with E-state index < -0.39 is 5.97 Å². The lowest BCUT2D eigenvalue weighted by Crippen LogP contribution is -2.12. The summed E-state index contributed by atoms with van der Waals surface area (Å²) in [5, 5.41) is 0. The molecule has 0 aliphatic heterocycles. The Morgan fingerprint density at radius 2 is 1.61 bits per heavy atom. The second kappa shape index (κ2) is 11.3. The summed E-state index contributed by atoms with van der Waals surface area (Å²) in [5.74, 6) is -0.856. The fourth-order valence-corrected chi connectivity index (χ4v) is 2.86. The van der Waals surface area contributed by atoms with E-state index in [1.165, 1.54) is 14.2 Å². The van der Waals surface area contributed by atoms with Crippen molar-refractivity contribution in [1.82, 2.24) is 0 Å². The molecule has 28 heavy (non-hydrogen) atoms. The number of hydrogen-bond donors (Lipinski definition) is 0. The largest absolute Gasteiger partial charge is 0.465 e. The lowest BCUT2D eigenvalue weighted by Gasteiger charge is -2.15. The second-order valence-electron chi connectivity index (χ2n) is 5.57. The maximum Gasteiger partial charge on any atom is 0.338 e. The summed E-state index contributed by atoms with van der Waals surface area (Å²) >= 11 is 1.06. The van der Waals surface area contributed by atoms with Crippen molar-refractivity contribution >= 4 is 35.1 Å². The monoisotopic (exact) mass is 402 g/mol. The molecule has 2 rings (SSSR count). The molecule has 2 aromatic carbocycles. The van der Waals surface area contributed by atoms with E-state index in [1.807, 2.05) is 54.6 Å². The molecule has 0 saturated heterocycles. The SMILES string of the molecule is CCC(=O)OC/C(=C(\C(=O)OC)c1ccccc1)c1ccc(SOOC)cc1. The van der Waals surface area contributed by atoms with Gasteiger partial charge in [0.25, 0.3) is 0 Å². The van der Waals surface area contributed by atoms with Crippen LogP contribution < -0.4 is 0 Å². The molecule has 0 aliphatic rings. The van der Waals surface area contributed by atoms with E-state index in [9.17, 15) is 9.59 Å². The van der Waals surface area contributed by atoms with E-state index in [0.717, 1.165) is 22.5 Å². The van der Waals surface area contributed by atoms with E-state index in [4.69, 9.17) is 13.8 Å². The summed E-state index contributed by atoms with van der Waals surface area (Å²) in [6.45, 7) is 1.67. The van der Waals surface area contributed by atoms with Gasteiger partial charge in [-0.25, -0.2) is 9.68 Å². The van der Waals surface area contributed by atoms with Crippen LogP contribution in [0.15, 0.2) is 59.5 Å². The molecular formula is C21H22O6S. The molecule has 0 bridgehead atoms. The van der Waals surface area contributed by atoms with Gasteiger partial charge < -0.3 is 9.47 Å². The summed E-state index contributed by atoms with van der Waals surface area (Å²) < 4.78 is 15.2. The van der Waals surface area contributed by atoms with Crippen molar-refractivity contribution in [3.63, 3.8) is 0 Å². The Bertz CT molecular complexity index is 815. The Labute approximate surface area is 168 Å². The lowest BCUT2D eigenvalue weighted by molar-refractivity contribution is -0.160. The number of hydrogen-bond acceptors (Lipinski definition) is 7. The molecule has 0 saturated carbocycles. The van der Waals surface area contributed by atoms with Crippen molar-refractivity contribution in [1.29, 1.82) is 0 Å². The Balaban J connectivity index is 2.53. The minimum Gasteiger partial charge on any atom is -0.465 e. The van der Waals surface area contributed by atoms with E-state index in [-0.39, 0.29) is 19.0 Å². The fraction of sp³-hybridized carbons (Fsp3) is 0.238. The first-order chi connectivity index (χ1) is 13.6. The maximum atomic E-state index is 12.6. The van der Waals surface area contributed by atoms with Crippen molar-refractivity contribution in [3.8, 4) is 0 Å². The highest BCUT2D eigenvalue weighted by atomic mass is 32.2. The average molecular weight is 402 g/mol. The molecule has 0 spiro atoms. The van der Waals surface area contributed by atoms with Crippen LogP contribution >= 0.6 is 12.0 Å². The van der Waals surface area contributed by atoms with Gasteiger partial charge in [-0.05, 0) is 23.3 Å². The molecular weight excluding hydrogens is 380 g/mol. The molecule has 0 atom stereocenters. The van der Waals surface area contributed by atoms with Crippen molar-refractivity contribution in [2.24, 2.45) is 0 Å². The molecule has 7 heteroatoms.